The van der Waals surface area contributed by atoms with Crippen LogP contribution >= 0.6 is 11.6 Å². The summed E-state index contributed by atoms with van der Waals surface area (Å²) < 4.78 is 8.12. The van der Waals surface area contributed by atoms with E-state index >= 15 is 0 Å². The SMILES string of the molecule is CNc1nc2c(c(NC)c(NC)n2Cc2cnccn2)c(-c2ccc(Cl)cc2)c1[C@H](OC(C)(C)C)C(=O)O. The van der Waals surface area contributed by atoms with Gasteiger partial charge in [-0.15, -0.1) is 0 Å². The number of carboxylic acids is 1. The molecule has 0 fully saturated rings. The van der Waals surface area contributed by atoms with Crippen LogP contribution in [0.2, 0.25) is 5.02 Å². The molecule has 1 aromatic carbocycles. The van der Waals surface area contributed by atoms with E-state index in [1.807, 2.05) is 51.6 Å². The van der Waals surface area contributed by atoms with Gasteiger partial charge in [0.05, 0.1) is 35.1 Å². The van der Waals surface area contributed by atoms with Crippen LogP contribution in [0.4, 0.5) is 17.3 Å². The number of carbonyl (C=O) groups is 1. The van der Waals surface area contributed by atoms with Crippen molar-refractivity contribution in [3.63, 3.8) is 0 Å². The first-order valence-electron chi connectivity index (χ1n) is 12.1. The minimum absolute atomic E-state index is 0.388. The van der Waals surface area contributed by atoms with Gasteiger partial charge < -0.3 is 30.4 Å². The van der Waals surface area contributed by atoms with Gasteiger partial charge in [-0.3, -0.25) is 9.97 Å². The van der Waals surface area contributed by atoms with Crippen LogP contribution < -0.4 is 16.0 Å². The van der Waals surface area contributed by atoms with E-state index in [-0.39, 0.29) is 0 Å². The van der Waals surface area contributed by atoms with Gasteiger partial charge in [0.25, 0.3) is 0 Å². The summed E-state index contributed by atoms with van der Waals surface area (Å²) in [4.78, 5) is 26.3. The highest BCUT2D eigenvalue weighted by atomic mass is 35.5. The van der Waals surface area contributed by atoms with E-state index in [1.165, 1.54) is 0 Å². The summed E-state index contributed by atoms with van der Waals surface area (Å²) in [6.45, 7) is 5.86. The van der Waals surface area contributed by atoms with Crippen LogP contribution in [0.5, 0.6) is 0 Å². The van der Waals surface area contributed by atoms with Crippen LogP contribution in [-0.2, 0) is 16.1 Å². The Morgan fingerprint density at radius 3 is 2.34 bits per heavy atom. The number of pyridine rings is 1. The number of hydrogen-bond donors (Lipinski definition) is 4. The van der Waals surface area contributed by atoms with Gasteiger partial charge >= 0.3 is 5.97 Å². The van der Waals surface area contributed by atoms with Gasteiger partial charge in [0.2, 0.25) is 0 Å². The molecular formula is C27H32ClN7O3. The van der Waals surface area contributed by atoms with Crippen LogP contribution in [0, 0.1) is 0 Å². The zero-order valence-electron chi connectivity index (χ0n) is 22.3. The lowest BCUT2D eigenvalue weighted by Gasteiger charge is -2.28. The number of benzene rings is 1. The van der Waals surface area contributed by atoms with Gasteiger partial charge in [-0.05, 0) is 38.5 Å². The molecule has 0 amide bonds. The monoisotopic (exact) mass is 537 g/mol. The fourth-order valence-electron chi connectivity index (χ4n) is 4.56. The van der Waals surface area contributed by atoms with E-state index in [1.54, 1.807) is 37.8 Å². The number of carboxylic acid groups (broad SMARTS) is 1. The van der Waals surface area contributed by atoms with Gasteiger partial charge in [0.15, 0.2) is 6.10 Å². The minimum atomic E-state index is -1.30. The number of aliphatic carboxylic acids is 1. The zero-order valence-corrected chi connectivity index (χ0v) is 23.0. The van der Waals surface area contributed by atoms with Gasteiger partial charge in [-0.2, -0.15) is 0 Å². The molecule has 10 nitrogen and oxygen atoms in total. The Balaban J connectivity index is 2.17. The van der Waals surface area contributed by atoms with Gasteiger partial charge in [-0.25, -0.2) is 9.78 Å². The number of rotatable bonds is 9. The van der Waals surface area contributed by atoms with E-state index < -0.39 is 17.7 Å². The molecule has 4 rings (SSSR count). The van der Waals surface area contributed by atoms with Crippen molar-refractivity contribution in [3.05, 3.63) is 59.1 Å². The topological polar surface area (TPSA) is 126 Å². The lowest BCUT2D eigenvalue weighted by Crippen LogP contribution is -2.28. The Bertz CT molecular complexity index is 1450. The summed E-state index contributed by atoms with van der Waals surface area (Å²) >= 11 is 6.23. The molecule has 0 unspecified atom stereocenters. The lowest BCUT2D eigenvalue weighted by molar-refractivity contribution is -0.160. The third-order valence-corrected chi connectivity index (χ3v) is 6.23. The van der Waals surface area contributed by atoms with Crippen molar-refractivity contribution < 1.29 is 14.6 Å². The van der Waals surface area contributed by atoms with Crippen LogP contribution in [0.15, 0.2) is 42.9 Å². The molecule has 200 valence electrons. The Morgan fingerprint density at radius 1 is 1.11 bits per heavy atom. The van der Waals surface area contributed by atoms with Crippen molar-refractivity contribution in [2.24, 2.45) is 0 Å². The zero-order chi connectivity index (χ0) is 27.6. The van der Waals surface area contributed by atoms with Gasteiger partial charge in [-0.1, -0.05) is 23.7 Å². The molecule has 3 heterocycles. The lowest BCUT2D eigenvalue weighted by atomic mass is 9.93. The molecule has 11 heteroatoms. The number of hydrogen-bond acceptors (Lipinski definition) is 8. The van der Waals surface area contributed by atoms with E-state index in [4.69, 9.17) is 21.3 Å². The highest BCUT2D eigenvalue weighted by molar-refractivity contribution is 6.30. The quantitative estimate of drug-likeness (QED) is 0.226. The molecule has 0 radical (unpaired) electrons. The van der Waals surface area contributed by atoms with Crippen LogP contribution in [0.1, 0.15) is 38.1 Å². The summed E-state index contributed by atoms with van der Waals surface area (Å²) in [6.07, 6.45) is 3.67. The fraction of sp³-hybridized carbons (Fsp3) is 0.333. The van der Waals surface area contributed by atoms with Crippen molar-refractivity contribution in [1.29, 1.82) is 0 Å². The number of nitrogens with zero attached hydrogens (tertiary/aromatic N) is 4. The van der Waals surface area contributed by atoms with E-state index in [0.29, 0.717) is 34.2 Å². The number of fused-ring (bicyclic) bond motifs is 1. The Labute approximate surface area is 226 Å². The standard InChI is InChI=1S/C27H32ClN7O3/c1-27(2,3)38-22(26(36)37)20-18(15-7-9-16(28)10-8-15)19-21(29-4)25(31-6)35(24(19)34-23(20)30-5)14-17-13-32-11-12-33-17/h7-13,22,29,31H,14H2,1-6H3,(H,30,34)(H,36,37)/t22-/m0/s1. The molecule has 0 spiro atoms. The summed E-state index contributed by atoms with van der Waals surface area (Å²) in [5.74, 6) is 0.0348. The molecule has 0 saturated heterocycles. The Hall–Kier alpha value is -3.89. The second kappa shape index (κ2) is 10.8. The fourth-order valence-corrected chi connectivity index (χ4v) is 4.68. The van der Waals surface area contributed by atoms with Gasteiger partial charge in [0, 0.05) is 49.7 Å². The van der Waals surface area contributed by atoms with Crippen molar-refractivity contribution >= 4 is 45.9 Å². The largest absolute Gasteiger partial charge is 0.479 e. The summed E-state index contributed by atoms with van der Waals surface area (Å²) in [7, 11) is 5.36. The third-order valence-electron chi connectivity index (χ3n) is 5.98. The maximum atomic E-state index is 12.7. The average Bonchev–Trinajstić information content (AvgIpc) is 3.18. The summed E-state index contributed by atoms with van der Waals surface area (Å²) in [5.41, 5.74) is 3.25. The number of halogens is 1. The molecule has 0 aliphatic heterocycles. The molecule has 0 aliphatic carbocycles. The van der Waals surface area contributed by atoms with Gasteiger partial charge in [0.1, 0.15) is 17.3 Å². The Morgan fingerprint density at radius 2 is 1.82 bits per heavy atom. The second-order valence-corrected chi connectivity index (χ2v) is 10.1. The number of anilines is 3. The number of ether oxygens (including phenoxy) is 1. The summed E-state index contributed by atoms with van der Waals surface area (Å²) in [6, 6.07) is 7.30. The van der Waals surface area contributed by atoms with Crippen molar-refractivity contribution in [3.8, 4) is 11.1 Å². The predicted octanol–water partition coefficient (Wildman–Crippen LogP) is 5.26. The first kappa shape index (κ1) is 27.2. The maximum absolute atomic E-state index is 12.7. The predicted molar refractivity (Wildman–Crippen MR) is 151 cm³/mol. The maximum Gasteiger partial charge on any atom is 0.337 e. The molecular weight excluding hydrogens is 506 g/mol. The van der Waals surface area contributed by atoms with E-state index in [2.05, 4.69) is 25.9 Å². The number of nitrogens with one attached hydrogen (secondary N) is 3. The van der Waals surface area contributed by atoms with Crippen LogP contribution in [-0.4, -0.2) is 57.3 Å². The van der Waals surface area contributed by atoms with Crippen LogP contribution in [0.3, 0.4) is 0 Å². The van der Waals surface area contributed by atoms with Crippen molar-refractivity contribution in [2.45, 2.75) is 39.0 Å². The second-order valence-electron chi connectivity index (χ2n) is 9.66. The highest BCUT2D eigenvalue weighted by Gasteiger charge is 2.35. The molecule has 0 saturated carbocycles. The number of aromatic nitrogens is 4. The van der Waals surface area contributed by atoms with E-state index in [0.717, 1.165) is 28.1 Å². The normalized spacial score (nSPS) is 12.4. The molecule has 0 bridgehead atoms. The van der Waals surface area contributed by atoms with Crippen LogP contribution in [0.25, 0.3) is 22.2 Å². The van der Waals surface area contributed by atoms with Crippen molar-refractivity contribution in [1.82, 2.24) is 19.5 Å². The van der Waals surface area contributed by atoms with E-state index in [9.17, 15) is 9.90 Å². The first-order chi connectivity index (χ1) is 18.1. The smallest absolute Gasteiger partial charge is 0.337 e. The minimum Gasteiger partial charge on any atom is -0.479 e. The molecule has 38 heavy (non-hydrogen) atoms. The first-order valence-corrected chi connectivity index (χ1v) is 12.5. The molecule has 3 aromatic heterocycles. The molecule has 1 atom stereocenters. The summed E-state index contributed by atoms with van der Waals surface area (Å²) in [5, 5.41) is 21.4. The Kier molecular flexibility index (Phi) is 7.75. The molecule has 0 aliphatic rings. The average molecular weight is 538 g/mol. The molecule has 4 aromatic rings. The third kappa shape index (κ3) is 5.23. The molecule has 4 N–H and O–H groups in total. The highest BCUT2D eigenvalue weighted by Crippen LogP contribution is 2.47. The van der Waals surface area contributed by atoms with Crippen molar-refractivity contribution in [2.75, 3.05) is 37.1 Å².